The highest BCUT2D eigenvalue weighted by Crippen LogP contribution is 2.25. The van der Waals surface area contributed by atoms with Crippen LogP contribution in [-0.2, 0) is 16.6 Å². The lowest BCUT2D eigenvalue weighted by atomic mass is 10.1. The molecule has 3 rings (SSSR count). The summed E-state index contributed by atoms with van der Waals surface area (Å²) in [6, 6.07) is 11.1. The van der Waals surface area contributed by atoms with E-state index >= 15 is 0 Å². The van der Waals surface area contributed by atoms with Crippen LogP contribution in [0.1, 0.15) is 10.5 Å². The Kier molecular flexibility index (Phi) is 5.43. The Balaban J connectivity index is 1.76. The molecular formula is C18H13Cl2N3O4. The number of nitrogens with one attached hydrogen (secondary N) is 1. The first-order chi connectivity index (χ1) is 12.9. The zero-order valence-corrected chi connectivity index (χ0v) is 15.5. The fraction of sp³-hybridized carbons (Fsp3) is 0.111. The molecule has 0 unspecified atom stereocenters. The maximum Gasteiger partial charge on any atom is 0.359 e. The molecule has 3 aromatic rings. The smallest absolute Gasteiger partial charge is 0.359 e. The highest BCUT2D eigenvalue weighted by molar-refractivity contribution is 6.35. The molecule has 0 aliphatic carbocycles. The Bertz CT molecular complexity index is 1110. The SMILES string of the molecule is Cn1nc(C(=O)OCC(=O)Nc2cc(Cl)ccc2Cl)c2ccccc2c1=O. The van der Waals surface area contributed by atoms with E-state index in [2.05, 4.69) is 10.4 Å². The molecule has 0 radical (unpaired) electrons. The van der Waals surface area contributed by atoms with Crippen molar-refractivity contribution in [2.45, 2.75) is 0 Å². The number of nitrogens with zero attached hydrogens (tertiary/aromatic N) is 2. The Labute approximate surface area is 163 Å². The minimum absolute atomic E-state index is 0.0544. The van der Waals surface area contributed by atoms with Crippen LogP contribution in [0.25, 0.3) is 10.8 Å². The number of aromatic nitrogens is 2. The van der Waals surface area contributed by atoms with Crippen LogP contribution in [0.2, 0.25) is 10.0 Å². The Morgan fingerprint density at radius 1 is 1.15 bits per heavy atom. The number of benzene rings is 2. The van der Waals surface area contributed by atoms with Crippen LogP contribution in [-0.4, -0.2) is 28.3 Å². The number of rotatable bonds is 4. The summed E-state index contributed by atoms with van der Waals surface area (Å²) in [6.07, 6.45) is 0. The molecule has 0 saturated heterocycles. The normalized spacial score (nSPS) is 10.6. The summed E-state index contributed by atoms with van der Waals surface area (Å²) >= 11 is 11.8. The van der Waals surface area contributed by atoms with E-state index in [1.54, 1.807) is 30.3 Å². The molecule has 0 atom stereocenters. The number of carbonyl (C=O) groups excluding carboxylic acids is 2. The average molecular weight is 406 g/mol. The van der Waals surface area contributed by atoms with Crippen molar-refractivity contribution in [3.63, 3.8) is 0 Å². The molecule has 27 heavy (non-hydrogen) atoms. The van der Waals surface area contributed by atoms with Crippen molar-refractivity contribution in [3.05, 3.63) is 68.6 Å². The van der Waals surface area contributed by atoms with E-state index in [0.717, 1.165) is 4.68 Å². The Morgan fingerprint density at radius 2 is 1.85 bits per heavy atom. The second-order valence-corrected chi connectivity index (χ2v) is 6.42. The highest BCUT2D eigenvalue weighted by Gasteiger charge is 2.18. The zero-order valence-electron chi connectivity index (χ0n) is 14.0. The fourth-order valence-corrected chi connectivity index (χ4v) is 2.77. The number of fused-ring (bicyclic) bond motifs is 1. The number of hydrogen-bond donors (Lipinski definition) is 1. The van der Waals surface area contributed by atoms with Gasteiger partial charge in [-0.1, -0.05) is 41.4 Å². The van der Waals surface area contributed by atoms with E-state index in [1.165, 1.54) is 19.2 Å². The van der Waals surface area contributed by atoms with Gasteiger partial charge in [0.1, 0.15) is 0 Å². The second kappa shape index (κ2) is 7.77. The van der Waals surface area contributed by atoms with Crippen molar-refractivity contribution in [2.75, 3.05) is 11.9 Å². The summed E-state index contributed by atoms with van der Waals surface area (Å²) in [5, 5.41) is 7.83. The van der Waals surface area contributed by atoms with Crippen molar-refractivity contribution in [2.24, 2.45) is 7.05 Å². The maximum atomic E-state index is 12.4. The van der Waals surface area contributed by atoms with Crippen molar-refractivity contribution >= 4 is 51.5 Å². The third-order valence-electron chi connectivity index (χ3n) is 3.69. The highest BCUT2D eigenvalue weighted by atomic mass is 35.5. The lowest BCUT2D eigenvalue weighted by Crippen LogP contribution is -2.26. The topological polar surface area (TPSA) is 90.3 Å². The molecule has 1 aromatic heterocycles. The standard InChI is InChI=1S/C18H13Cl2N3O4/c1-23-17(25)12-5-3-2-4-11(12)16(22-23)18(26)27-9-15(24)21-14-8-10(19)6-7-13(14)20/h2-8H,9H2,1H3,(H,21,24). The molecule has 1 N–H and O–H groups in total. The molecule has 0 aliphatic rings. The summed E-state index contributed by atoms with van der Waals surface area (Å²) in [5.41, 5.74) is -0.0901. The van der Waals surface area contributed by atoms with Gasteiger partial charge in [-0.15, -0.1) is 0 Å². The largest absolute Gasteiger partial charge is 0.451 e. The number of halogens is 2. The lowest BCUT2D eigenvalue weighted by molar-refractivity contribution is -0.119. The minimum atomic E-state index is -0.825. The molecule has 0 spiro atoms. The molecule has 0 bridgehead atoms. The third kappa shape index (κ3) is 4.10. The predicted molar refractivity (Wildman–Crippen MR) is 102 cm³/mol. The van der Waals surface area contributed by atoms with E-state index in [1.807, 2.05) is 0 Å². The summed E-state index contributed by atoms with van der Waals surface area (Å²) in [6.45, 7) is -0.555. The second-order valence-electron chi connectivity index (χ2n) is 5.57. The van der Waals surface area contributed by atoms with Gasteiger partial charge in [0.05, 0.1) is 16.1 Å². The number of aryl methyl sites for hydroxylation is 1. The molecule has 0 fully saturated rings. The molecule has 0 aliphatic heterocycles. The van der Waals surface area contributed by atoms with Crippen LogP contribution in [0, 0.1) is 0 Å². The predicted octanol–water partition coefficient (Wildman–Crippen LogP) is 3.04. The van der Waals surface area contributed by atoms with Gasteiger partial charge in [0.25, 0.3) is 11.5 Å². The summed E-state index contributed by atoms with van der Waals surface area (Å²) in [7, 11) is 1.43. The van der Waals surface area contributed by atoms with Crippen molar-refractivity contribution in [1.29, 1.82) is 0 Å². The van der Waals surface area contributed by atoms with Crippen LogP contribution >= 0.6 is 23.2 Å². The molecule has 1 amide bonds. The summed E-state index contributed by atoms with van der Waals surface area (Å²) in [4.78, 5) is 36.5. The van der Waals surface area contributed by atoms with Gasteiger partial charge in [-0.3, -0.25) is 9.59 Å². The fourth-order valence-electron chi connectivity index (χ4n) is 2.43. The number of hydrogen-bond acceptors (Lipinski definition) is 5. The zero-order chi connectivity index (χ0) is 19.6. The third-order valence-corrected chi connectivity index (χ3v) is 4.25. The number of anilines is 1. The molecular weight excluding hydrogens is 393 g/mol. The monoisotopic (exact) mass is 405 g/mol. The first-order valence-corrected chi connectivity index (χ1v) is 8.50. The number of carbonyl (C=O) groups is 2. The van der Waals surface area contributed by atoms with Crippen LogP contribution in [0.15, 0.2) is 47.3 Å². The lowest BCUT2D eigenvalue weighted by Gasteiger charge is -2.10. The van der Waals surface area contributed by atoms with Crippen LogP contribution in [0.4, 0.5) is 5.69 Å². The molecule has 9 heteroatoms. The number of esters is 1. The Hall–Kier alpha value is -2.90. The van der Waals surface area contributed by atoms with Gasteiger partial charge in [-0.25, -0.2) is 9.48 Å². The van der Waals surface area contributed by atoms with Crippen molar-refractivity contribution < 1.29 is 14.3 Å². The first kappa shape index (κ1) is 18.9. The first-order valence-electron chi connectivity index (χ1n) is 7.75. The summed E-state index contributed by atoms with van der Waals surface area (Å²) < 4.78 is 6.08. The van der Waals surface area contributed by atoms with Crippen LogP contribution in [0.5, 0.6) is 0 Å². The molecule has 1 heterocycles. The van der Waals surface area contributed by atoms with E-state index in [-0.39, 0.29) is 11.3 Å². The van der Waals surface area contributed by atoms with E-state index < -0.39 is 18.5 Å². The minimum Gasteiger partial charge on any atom is -0.451 e. The van der Waals surface area contributed by atoms with Gasteiger partial charge in [0.15, 0.2) is 12.3 Å². The average Bonchev–Trinajstić information content (AvgIpc) is 2.65. The van der Waals surface area contributed by atoms with Crippen LogP contribution < -0.4 is 10.9 Å². The number of ether oxygens (including phenoxy) is 1. The Morgan fingerprint density at radius 3 is 2.59 bits per heavy atom. The number of amides is 1. The van der Waals surface area contributed by atoms with Crippen molar-refractivity contribution in [3.8, 4) is 0 Å². The quantitative estimate of drug-likeness (QED) is 0.673. The molecule has 0 saturated carbocycles. The maximum absolute atomic E-state index is 12.4. The summed E-state index contributed by atoms with van der Waals surface area (Å²) in [5.74, 6) is -1.42. The molecule has 2 aromatic carbocycles. The van der Waals surface area contributed by atoms with Gasteiger partial charge in [0.2, 0.25) is 0 Å². The molecule has 7 nitrogen and oxygen atoms in total. The van der Waals surface area contributed by atoms with Crippen LogP contribution in [0.3, 0.4) is 0 Å². The molecule has 138 valence electrons. The van der Waals surface area contributed by atoms with Gasteiger partial charge in [0, 0.05) is 17.5 Å². The van der Waals surface area contributed by atoms with Gasteiger partial charge < -0.3 is 10.1 Å². The van der Waals surface area contributed by atoms with Gasteiger partial charge >= 0.3 is 5.97 Å². The van der Waals surface area contributed by atoms with E-state index in [4.69, 9.17) is 27.9 Å². The van der Waals surface area contributed by atoms with E-state index in [9.17, 15) is 14.4 Å². The van der Waals surface area contributed by atoms with Gasteiger partial charge in [-0.05, 0) is 24.3 Å². The van der Waals surface area contributed by atoms with Crippen molar-refractivity contribution in [1.82, 2.24) is 9.78 Å². The van der Waals surface area contributed by atoms with E-state index in [0.29, 0.717) is 26.5 Å². The van der Waals surface area contributed by atoms with Gasteiger partial charge in [-0.2, -0.15) is 5.10 Å².